The summed E-state index contributed by atoms with van der Waals surface area (Å²) in [5, 5.41) is 9.80. The van der Waals surface area contributed by atoms with Gasteiger partial charge in [0.2, 0.25) is 0 Å². The molecule has 1 aromatic heterocycles. The Morgan fingerprint density at radius 2 is 2.09 bits per heavy atom. The van der Waals surface area contributed by atoms with Crippen LogP contribution in [0.2, 0.25) is 0 Å². The van der Waals surface area contributed by atoms with E-state index in [1.54, 1.807) is 0 Å². The molecule has 1 saturated carbocycles. The van der Waals surface area contributed by atoms with Crippen LogP contribution in [0.15, 0.2) is 5.38 Å². The predicted molar refractivity (Wildman–Crippen MR) is 70.3 cm³/mol. The fourth-order valence-electron chi connectivity index (χ4n) is 3.40. The van der Waals surface area contributed by atoms with Gasteiger partial charge in [-0.05, 0) is 11.3 Å². The summed E-state index contributed by atoms with van der Waals surface area (Å²) in [5.74, 6) is -1.95. The molecule has 120 valence electrons. The van der Waals surface area contributed by atoms with E-state index in [0.29, 0.717) is 11.3 Å². The maximum Gasteiger partial charge on any atom is 0.434 e. The summed E-state index contributed by atoms with van der Waals surface area (Å²) in [6.07, 6.45) is -4.61. The molecular formula is C13H13F3N2O3S. The Labute approximate surface area is 127 Å². The topological polar surface area (TPSA) is 70.5 Å². The Kier molecular flexibility index (Phi) is 3.08. The Morgan fingerprint density at radius 3 is 2.59 bits per heavy atom. The lowest BCUT2D eigenvalue weighted by Crippen LogP contribution is -2.45. The van der Waals surface area contributed by atoms with Crippen LogP contribution in [0, 0.1) is 17.3 Å². The highest BCUT2D eigenvalue weighted by Gasteiger charge is 2.69. The number of likely N-dealkylation sites (tertiary alicyclic amines) is 1. The molecule has 3 atom stereocenters. The Morgan fingerprint density at radius 1 is 1.45 bits per heavy atom. The van der Waals surface area contributed by atoms with Crippen molar-refractivity contribution in [2.75, 3.05) is 6.54 Å². The molecule has 5 nitrogen and oxygen atoms in total. The average Bonchev–Trinajstić information content (AvgIpc) is 2.87. The van der Waals surface area contributed by atoms with Crippen molar-refractivity contribution in [3.05, 3.63) is 16.1 Å². The molecule has 2 heterocycles. The van der Waals surface area contributed by atoms with E-state index < -0.39 is 29.8 Å². The smallest absolute Gasteiger partial charge is 0.434 e. The summed E-state index contributed by atoms with van der Waals surface area (Å²) in [4.78, 5) is 28.2. The molecule has 1 N–H and O–H groups in total. The largest absolute Gasteiger partial charge is 0.480 e. The highest BCUT2D eigenvalue weighted by atomic mass is 32.1. The molecule has 0 aromatic carbocycles. The van der Waals surface area contributed by atoms with E-state index in [2.05, 4.69) is 4.98 Å². The number of thiazole rings is 1. The number of alkyl halides is 3. The molecule has 1 aliphatic carbocycles. The van der Waals surface area contributed by atoms with Crippen LogP contribution in [0.3, 0.4) is 0 Å². The molecule has 0 bridgehead atoms. The number of piperidine rings is 1. The lowest BCUT2D eigenvalue weighted by molar-refractivity contribution is -0.143. The predicted octanol–water partition coefficient (Wildman–Crippen LogP) is 2.34. The first-order chi connectivity index (χ1) is 10.0. The van der Waals surface area contributed by atoms with Crippen molar-refractivity contribution >= 4 is 23.2 Å². The van der Waals surface area contributed by atoms with Crippen LogP contribution in [0.5, 0.6) is 0 Å². The van der Waals surface area contributed by atoms with E-state index in [1.807, 2.05) is 13.8 Å². The van der Waals surface area contributed by atoms with E-state index in [1.165, 1.54) is 0 Å². The number of carboxylic acid groups (broad SMARTS) is 1. The van der Waals surface area contributed by atoms with Crippen molar-refractivity contribution in [1.29, 1.82) is 0 Å². The van der Waals surface area contributed by atoms with Crippen LogP contribution in [0.1, 0.15) is 29.3 Å². The molecule has 2 fully saturated rings. The standard InChI is InChI=1S/C13H13F3N2O3S/c1-12(2)5-3-18(8(7(5)12)11(20)21)10(19)9-17-6(4-22-9)13(14,15)16/h4-5,7-8H,3H2,1-2H3,(H,20,21)/t5-,7-,8-/m0/s1. The molecule has 3 rings (SSSR count). The molecular weight excluding hydrogens is 321 g/mol. The quantitative estimate of drug-likeness (QED) is 0.901. The van der Waals surface area contributed by atoms with Gasteiger partial charge in [-0.2, -0.15) is 13.2 Å². The maximum atomic E-state index is 12.5. The van der Waals surface area contributed by atoms with Gasteiger partial charge in [0, 0.05) is 17.8 Å². The van der Waals surface area contributed by atoms with Gasteiger partial charge in [0.25, 0.3) is 5.91 Å². The number of nitrogens with zero attached hydrogens (tertiary/aromatic N) is 2. The van der Waals surface area contributed by atoms with Gasteiger partial charge in [-0.3, -0.25) is 4.79 Å². The van der Waals surface area contributed by atoms with Crippen LogP contribution >= 0.6 is 11.3 Å². The van der Waals surface area contributed by atoms with Crippen LogP contribution in [0.25, 0.3) is 0 Å². The molecule has 0 unspecified atom stereocenters. The number of carboxylic acids is 1. The SMILES string of the molecule is CC1(C)[C@@H]2[C@@H](C(=O)O)N(C(=O)c3nc(C(F)(F)F)cs3)C[C@@H]21. The van der Waals surface area contributed by atoms with Gasteiger partial charge in [0.05, 0.1) is 0 Å². The highest BCUT2D eigenvalue weighted by molar-refractivity contribution is 7.11. The number of rotatable bonds is 2. The summed E-state index contributed by atoms with van der Waals surface area (Å²) in [6.45, 7) is 4.12. The molecule has 1 aliphatic heterocycles. The van der Waals surface area contributed by atoms with Crippen molar-refractivity contribution in [2.45, 2.75) is 26.1 Å². The molecule has 1 saturated heterocycles. The van der Waals surface area contributed by atoms with Gasteiger partial charge in [0.15, 0.2) is 10.7 Å². The van der Waals surface area contributed by atoms with Crippen LogP contribution in [-0.4, -0.2) is 39.5 Å². The maximum absolute atomic E-state index is 12.5. The van der Waals surface area contributed by atoms with Gasteiger partial charge >= 0.3 is 12.1 Å². The van der Waals surface area contributed by atoms with Crippen molar-refractivity contribution in [3.8, 4) is 0 Å². The van der Waals surface area contributed by atoms with Crippen molar-refractivity contribution in [3.63, 3.8) is 0 Å². The zero-order chi connectivity index (χ0) is 16.4. The summed E-state index contributed by atoms with van der Waals surface area (Å²) in [7, 11) is 0. The third kappa shape index (κ3) is 2.10. The number of carbonyl (C=O) groups is 2. The minimum atomic E-state index is -4.61. The molecule has 2 aliphatic rings. The zero-order valence-electron chi connectivity index (χ0n) is 11.7. The lowest BCUT2D eigenvalue weighted by Gasteiger charge is -2.27. The molecule has 0 spiro atoms. The number of hydrogen-bond acceptors (Lipinski definition) is 4. The van der Waals surface area contributed by atoms with E-state index in [0.717, 1.165) is 10.3 Å². The summed E-state index contributed by atoms with van der Waals surface area (Å²) in [5.41, 5.74) is -1.28. The number of aliphatic carboxylic acids is 1. The third-order valence-electron chi connectivity index (χ3n) is 4.70. The van der Waals surface area contributed by atoms with E-state index in [-0.39, 0.29) is 28.8 Å². The normalized spacial score (nSPS) is 29.3. The third-order valence-corrected chi connectivity index (χ3v) is 5.53. The van der Waals surface area contributed by atoms with Crippen LogP contribution in [0.4, 0.5) is 13.2 Å². The Balaban J connectivity index is 1.84. The number of fused-ring (bicyclic) bond motifs is 1. The Hall–Kier alpha value is -1.64. The fraction of sp³-hybridized carbons (Fsp3) is 0.615. The second kappa shape index (κ2) is 4.43. The van der Waals surface area contributed by atoms with Gasteiger partial charge in [-0.1, -0.05) is 13.8 Å². The second-order valence-corrected chi connectivity index (χ2v) is 7.09. The highest BCUT2D eigenvalue weighted by Crippen LogP contribution is 2.65. The van der Waals surface area contributed by atoms with Crippen LogP contribution in [-0.2, 0) is 11.0 Å². The van der Waals surface area contributed by atoms with Gasteiger partial charge in [0.1, 0.15) is 6.04 Å². The summed E-state index contributed by atoms with van der Waals surface area (Å²) < 4.78 is 37.6. The number of aromatic nitrogens is 1. The zero-order valence-corrected chi connectivity index (χ0v) is 12.5. The monoisotopic (exact) mass is 334 g/mol. The molecule has 1 amide bonds. The first-order valence-corrected chi connectivity index (χ1v) is 7.49. The average molecular weight is 334 g/mol. The molecule has 9 heteroatoms. The molecule has 22 heavy (non-hydrogen) atoms. The van der Waals surface area contributed by atoms with Crippen molar-refractivity contribution < 1.29 is 27.9 Å². The van der Waals surface area contributed by atoms with Gasteiger partial charge < -0.3 is 10.0 Å². The number of amides is 1. The first kappa shape index (κ1) is 15.3. The van der Waals surface area contributed by atoms with E-state index >= 15 is 0 Å². The van der Waals surface area contributed by atoms with E-state index in [4.69, 9.17) is 0 Å². The molecule has 0 radical (unpaired) electrons. The fourth-order valence-corrected chi connectivity index (χ4v) is 4.18. The summed E-state index contributed by atoms with van der Waals surface area (Å²) in [6, 6.07) is -0.995. The van der Waals surface area contributed by atoms with Gasteiger partial charge in [-0.25, -0.2) is 9.78 Å². The first-order valence-electron chi connectivity index (χ1n) is 6.61. The minimum Gasteiger partial charge on any atom is -0.480 e. The lowest BCUT2D eigenvalue weighted by atomic mass is 10.0. The van der Waals surface area contributed by atoms with Crippen molar-refractivity contribution in [1.82, 2.24) is 9.88 Å². The second-order valence-electron chi connectivity index (χ2n) is 6.23. The summed E-state index contributed by atoms with van der Waals surface area (Å²) >= 11 is 0.586. The number of halogens is 3. The van der Waals surface area contributed by atoms with E-state index in [9.17, 15) is 27.9 Å². The number of carbonyl (C=O) groups excluding carboxylic acids is 1. The minimum absolute atomic E-state index is 0.0691. The molecule has 1 aromatic rings. The number of hydrogen-bond donors (Lipinski definition) is 1. The van der Waals surface area contributed by atoms with Crippen LogP contribution < -0.4 is 0 Å². The van der Waals surface area contributed by atoms with Crippen molar-refractivity contribution in [2.24, 2.45) is 17.3 Å². The Bertz CT molecular complexity index is 655. The van der Waals surface area contributed by atoms with Gasteiger partial charge in [-0.15, -0.1) is 11.3 Å².